The van der Waals surface area contributed by atoms with Crippen molar-refractivity contribution in [2.75, 3.05) is 26.0 Å². The number of methoxy groups -OCH3 is 1. The van der Waals surface area contributed by atoms with Crippen LogP contribution in [-0.4, -0.2) is 46.4 Å². The predicted octanol–water partition coefficient (Wildman–Crippen LogP) is 3.73. The molecule has 0 saturated heterocycles. The van der Waals surface area contributed by atoms with Crippen molar-refractivity contribution in [1.29, 1.82) is 0 Å². The number of aryl methyl sites for hydroxylation is 1. The van der Waals surface area contributed by atoms with Crippen LogP contribution in [0.1, 0.15) is 35.9 Å². The third-order valence-corrected chi connectivity index (χ3v) is 6.44. The molecule has 2 aromatic heterocycles. The highest BCUT2D eigenvalue weighted by Crippen LogP contribution is 2.31. The lowest BCUT2D eigenvalue weighted by Gasteiger charge is -2.21. The molecule has 3 rings (SSSR count). The molecular formula is C29H32F3N7O2. The van der Waals surface area contributed by atoms with Gasteiger partial charge in [0.05, 0.1) is 23.2 Å². The van der Waals surface area contributed by atoms with Crippen molar-refractivity contribution in [1.82, 2.24) is 19.9 Å². The Labute approximate surface area is 236 Å². The Kier molecular flexibility index (Phi) is 10.3. The van der Waals surface area contributed by atoms with Crippen LogP contribution in [0.25, 0.3) is 11.0 Å². The Bertz CT molecular complexity index is 1550. The second-order valence-electron chi connectivity index (χ2n) is 9.26. The van der Waals surface area contributed by atoms with E-state index in [0.29, 0.717) is 42.6 Å². The van der Waals surface area contributed by atoms with Crippen LogP contribution in [0.15, 0.2) is 59.9 Å². The van der Waals surface area contributed by atoms with Crippen LogP contribution in [0.4, 0.5) is 19.0 Å². The Morgan fingerprint density at radius 2 is 2.10 bits per heavy atom. The number of pyridine rings is 1. The molecule has 0 aliphatic rings. The van der Waals surface area contributed by atoms with Crippen molar-refractivity contribution in [3.05, 3.63) is 77.3 Å². The molecule has 0 aliphatic heterocycles. The molecule has 3 aromatic rings. The Hall–Kier alpha value is -4.63. The first kappa shape index (κ1) is 30.9. The summed E-state index contributed by atoms with van der Waals surface area (Å²) in [5.74, 6) is 10.3. The van der Waals surface area contributed by atoms with Gasteiger partial charge in [-0.3, -0.25) is 4.79 Å². The van der Waals surface area contributed by atoms with E-state index in [1.807, 2.05) is 13.0 Å². The zero-order chi connectivity index (χ0) is 30.2. The first-order valence-electron chi connectivity index (χ1n) is 12.6. The number of amides is 1. The number of carbonyl (C=O) groups excluding carboxylic acids is 1. The number of imidazole rings is 1. The number of aromatic nitrogens is 3. The van der Waals surface area contributed by atoms with E-state index >= 15 is 0 Å². The second kappa shape index (κ2) is 13.6. The molecule has 0 fully saturated rings. The number of hydrogen-bond donors (Lipinski definition) is 3. The standard InChI is InChI=1S/C29H32F3N7O2/c1-5-18(17-41-4)13-20(16-36-25(40)6-2)14-21-11-12-35-27(33)26(21)22(38-34)9-7-19-8-10-24-23(15-19)37-28(39(24)3)29(30,31)32/h5-6,8,10-12,15,20H,2,13-14,16-17,34H2,1,3-4H3,(H2,33,35)(H,36,40)/b18-5-,38-22-/t20-/m1/s1. The highest BCUT2D eigenvalue weighted by Gasteiger charge is 2.36. The van der Waals surface area contributed by atoms with Gasteiger partial charge in [0.1, 0.15) is 11.5 Å². The molecule has 0 unspecified atom stereocenters. The average Bonchev–Trinajstić information content (AvgIpc) is 3.28. The quantitative estimate of drug-likeness (QED) is 0.0854. The summed E-state index contributed by atoms with van der Waals surface area (Å²) >= 11 is 0. The van der Waals surface area contributed by atoms with Gasteiger partial charge in [-0.25, -0.2) is 9.97 Å². The number of allylic oxidation sites excluding steroid dienone is 1. The molecule has 0 saturated carbocycles. The maximum absolute atomic E-state index is 13.3. The third kappa shape index (κ3) is 7.73. The molecule has 41 heavy (non-hydrogen) atoms. The number of alkyl halides is 3. The van der Waals surface area contributed by atoms with E-state index in [2.05, 4.69) is 38.8 Å². The number of ether oxygens (including phenoxy) is 1. The monoisotopic (exact) mass is 567 g/mol. The second-order valence-corrected chi connectivity index (χ2v) is 9.26. The molecule has 9 nitrogen and oxygen atoms in total. The van der Waals surface area contributed by atoms with Gasteiger partial charge in [-0.1, -0.05) is 18.6 Å². The number of hydrazone groups is 1. The first-order chi connectivity index (χ1) is 19.5. The van der Waals surface area contributed by atoms with Crippen LogP contribution in [0.2, 0.25) is 0 Å². The van der Waals surface area contributed by atoms with Crippen LogP contribution in [0.5, 0.6) is 0 Å². The summed E-state index contributed by atoms with van der Waals surface area (Å²) in [6.45, 7) is 6.22. The van der Waals surface area contributed by atoms with E-state index < -0.39 is 12.0 Å². The maximum atomic E-state index is 13.3. The van der Waals surface area contributed by atoms with Crippen molar-refractivity contribution in [2.24, 2.45) is 23.9 Å². The van der Waals surface area contributed by atoms with Crippen LogP contribution < -0.4 is 16.9 Å². The number of benzene rings is 1. The van der Waals surface area contributed by atoms with Crippen molar-refractivity contribution >= 4 is 28.5 Å². The lowest BCUT2D eigenvalue weighted by Crippen LogP contribution is -2.29. The number of nitrogen functional groups attached to an aromatic ring is 1. The fourth-order valence-corrected chi connectivity index (χ4v) is 4.45. The van der Waals surface area contributed by atoms with Gasteiger partial charge in [-0.2, -0.15) is 18.3 Å². The zero-order valence-corrected chi connectivity index (χ0v) is 23.0. The highest BCUT2D eigenvalue weighted by atomic mass is 19.4. The Balaban J connectivity index is 1.96. The van der Waals surface area contributed by atoms with E-state index in [4.69, 9.17) is 16.3 Å². The van der Waals surface area contributed by atoms with Gasteiger partial charge in [0.25, 0.3) is 0 Å². The molecule has 1 amide bonds. The van der Waals surface area contributed by atoms with Gasteiger partial charge in [-0.05, 0) is 73.1 Å². The number of nitrogens with zero attached hydrogens (tertiary/aromatic N) is 4. The fourth-order valence-electron chi connectivity index (χ4n) is 4.45. The lowest BCUT2D eigenvalue weighted by molar-refractivity contribution is -0.146. The maximum Gasteiger partial charge on any atom is 0.449 e. The molecule has 12 heteroatoms. The lowest BCUT2D eigenvalue weighted by atomic mass is 9.89. The van der Waals surface area contributed by atoms with E-state index in [9.17, 15) is 18.0 Å². The van der Waals surface area contributed by atoms with Gasteiger partial charge in [0, 0.05) is 32.5 Å². The summed E-state index contributed by atoms with van der Waals surface area (Å²) in [5, 5.41) is 6.69. The van der Waals surface area contributed by atoms with Crippen LogP contribution in [-0.2, 0) is 29.2 Å². The number of hydrogen-bond acceptors (Lipinski definition) is 7. The number of carbonyl (C=O) groups is 1. The number of nitrogens with one attached hydrogen (secondary N) is 1. The molecule has 1 aromatic carbocycles. The van der Waals surface area contributed by atoms with Gasteiger partial charge >= 0.3 is 6.18 Å². The Morgan fingerprint density at radius 3 is 2.73 bits per heavy atom. The Morgan fingerprint density at radius 1 is 1.34 bits per heavy atom. The van der Waals surface area contributed by atoms with Crippen molar-refractivity contribution in [3.8, 4) is 11.8 Å². The summed E-state index contributed by atoms with van der Waals surface area (Å²) in [7, 11) is 2.92. The van der Waals surface area contributed by atoms with E-state index in [0.717, 1.165) is 15.7 Å². The number of rotatable bonds is 10. The van der Waals surface area contributed by atoms with Crippen LogP contribution in [0.3, 0.4) is 0 Å². The number of nitrogens with two attached hydrogens (primary N) is 2. The van der Waals surface area contributed by atoms with E-state index in [1.165, 1.54) is 25.3 Å². The number of halogens is 3. The largest absolute Gasteiger partial charge is 0.449 e. The summed E-state index contributed by atoms with van der Waals surface area (Å²) in [5.41, 5.74) is 9.54. The van der Waals surface area contributed by atoms with Crippen LogP contribution >= 0.6 is 0 Å². The normalized spacial score (nSPS) is 13.0. The van der Waals surface area contributed by atoms with Gasteiger partial charge in [0.15, 0.2) is 0 Å². The fraction of sp³-hybridized carbons (Fsp3) is 0.310. The number of anilines is 1. The minimum Gasteiger partial charge on any atom is -0.383 e. The molecule has 5 N–H and O–H groups in total. The SMILES string of the molecule is C=CC(=O)NC[C@H](C/C(=C/C)COC)Cc1ccnc(N)c1/C(C#Cc1ccc2c(c1)nc(C(F)(F)F)n2C)=N\N. The van der Waals surface area contributed by atoms with Gasteiger partial charge in [0.2, 0.25) is 11.7 Å². The molecule has 0 spiro atoms. The predicted molar refractivity (Wildman–Crippen MR) is 153 cm³/mol. The summed E-state index contributed by atoms with van der Waals surface area (Å²) in [6.07, 6.45) is 1.27. The van der Waals surface area contributed by atoms with E-state index in [1.54, 1.807) is 25.4 Å². The first-order valence-corrected chi connectivity index (χ1v) is 12.6. The van der Waals surface area contributed by atoms with Gasteiger partial charge < -0.3 is 26.2 Å². The summed E-state index contributed by atoms with van der Waals surface area (Å²) in [4.78, 5) is 19.8. The average molecular weight is 568 g/mol. The smallest absolute Gasteiger partial charge is 0.383 e. The molecule has 1 atom stereocenters. The topological polar surface area (TPSA) is 133 Å². The van der Waals surface area contributed by atoms with Gasteiger partial charge in [-0.15, -0.1) is 0 Å². The molecule has 216 valence electrons. The third-order valence-electron chi connectivity index (χ3n) is 6.44. The molecule has 2 heterocycles. The minimum atomic E-state index is -4.59. The highest BCUT2D eigenvalue weighted by molar-refractivity contribution is 6.16. The van der Waals surface area contributed by atoms with Crippen LogP contribution in [0, 0.1) is 17.8 Å². The summed E-state index contributed by atoms with van der Waals surface area (Å²) < 4.78 is 46.1. The summed E-state index contributed by atoms with van der Waals surface area (Å²) in [6, 6.07) is 6.36. The minimum absolute atomic E-state index is 0.0535. The van der Waals surface area contributed by atoms with Crippen molar-refractivity contribution < 1.29 is 22.7 Å². The van der Waals surface area contributed by atoms with E-state index in [-0.39, 0.29) is 28.9 Å². The molecule has 0 radical (unpaired) electrons. The van der Waals surface area contributed by atoms with Crippen molar-refractivity contribution in [2.45, 2.75) is 25.9 Å². The molecule has 0 bridgehead atoms. The molecule has 0 aliphatic carbocycles. The molecular weight excluding hydrogens is 535 g/mol. The van der Waals surface area contributed by atoms with Crippen molar-refractivity contribution in [3.63, 3.8) is 0 Å². The number of fused-ring (bicyclic) bond motifs is 1. The zero-order valence-electron chi connectivity index (χ0n) is 23.0.